The minimum Gasteiger partial charge on any atom is -0.376 e. The quantitative estimate of drug-likeness (QED) is 0.739. The van der Waals surface area contributed by atoms with E-state index in [2.05, 4.69) is 10.6 Å². The Morgan fingerprint density at radius 1 is 1.00 bits per heavy atom. The Morgan fingerprint density at radius 2 is 1.59 bits per heavy atom. The zero-order valence-electron chi connectivity index (χ0n) is 14.5. The summed E-state index contributed by atoms with van der Waals surface area (Å²) in [4.78, 5) is 25.3. The molecule has 11 heteroatoms. The number of nitrogens with one attached hydrogen (secondary N) is 2. The van der Waals surface area contributed by atoms with Crippen LogP contribution in [0.15, 0.2) is 42.5 Å². The maximum Gasteiger partial charge on any atom is 0.416 e. The fourth-order valence-electron chi connectivity index (χ4n) is 2.79. The van der Waals surface area contributed by atoms with Crippen LogP contribution in [-0.4, -0.2) is 24.9 Å². The molecule has 1 aliphatic rings. The van der Waals surface area contributed by atoms with Crippen LogP contribution >= 0.6 is 0 Å². The number of halogens is 6. The third-order valence-electron chi connectivity index (χ3n) is 4.10. The van der Waals surface area contributed by atoms with Crippen molar-refractivity contribution in [3.63, 3.8) is 0 Å². The molecule has 2 N–H and O–H groups in total. The molecule has 2 aromatic rings. The average molecular weight is 417 g/mol. The van der Waals surface area contributed by atoms with E-state index in [0.29, 0.717) is 23.5 Å². The number of fused-ring (bicyclic) bond motifs is 1. The number of carbonyl (C=O) groups excluding carboxylic acids is 2. The number of para-hydroxylation sites is 2. The zero-order chi connectivity index (χ0) is 21.4. The lowest BCUT2D eigenvalue weighted by atomic mass is 10.1. The smallest absolute Gasteiger partial charge is 0.376 e. The second-order valence-corrected chi connectivity index (χ2v) is 6.19. The maximum absolute atomic E-state index is 12.9. The molecule has 0 bridgehead atoms. The lowest BCUT2D eigenvalue weighted by Crippen LogP contribution is -2.44. The molecule has 2 amide bonds. The van der Waals surface area contributed by atoms with Gasteiger partial charge >= 0.3 is 12.4 Å². The molecular formula is C18H13F6N3O2. The van der Waals surface area contributed by atoms with Crippen LogP contribution in [0.25, 0.3) is 0 Å². The van der Waals surface area contributed by atoms with E-state index < -0.39 is 47.5 Å². The summed E-state index contributed by atoms with van der Waals surface area (Å²) in [5, 5.41) is 4.85. The summed E-state index contributed by atoms with van der Waals surface area (Å²) >= 11 is 0. The highest BCUT2D eigenvalue weighted by Gasteiger charge is 2.37. The highest BCUT2D eigenvalue weighted by Crippen LogP contribution is 2.37. The first-order valence-electron chi connectivity index (χ1n) is 8.18. The van der Waals surface area contributed by atoms with Crippen molar-refractivity contribution in [3.8, 4) is 0 Å². The van der Waals surface area contributed by atoms with Gasteiger partial charge in [-0.05, 0) is 30.3 Å². The largest absolute Gasteiger partial charge is 0.416 e. The number of hydrogen-bond donors (Lipinski definition) is 2. The first kappa shape index (κ1) is 20.5. The number of carbonyl (C=O) groups is 2. The van der Waals surface area contributed by atoms with E-state index in [1.54, 1.807) is 24.3 Å². The first-order chi connectivity index (χ1) is 13.4. The third-order valence-corrected chi connectivity index (χ3v) is 4.10. The second kappa shape index (κ2) is 7.30. The Hall–Kier alpha value is -3.24. The van der Waals surface area contributed by atoms with E-state index in [9.17, 15) is 35.9 Å². The van der Waals surface area contributed by atoms with Crippen LogP contribution in [0.1, 0.15) is 11.1 Å². The fraction of sp³-hybridized carbons (Fsp3) is 0.222. The van der Waals surface area contributed by atoms with Crippen molar-refractivity contribution < 1.29 is 35.9 Å². The van der Waals surface area contributed by atoms with Crippen LogP contribution in [0.4, 0.5) is 43.4 Å². The molecule has 0 spiro atoms. The molecule has 154 valence electrons. The predicted octanol–water partition coefficient (Wildman–Crippen LogP) is 4.12. The van der Waals surface area contributed by atoms with E-state index >= 15 is 0 Å². The molecule has 1 aliphatic heterocycles. The zero-order valence-corrected chi connectivity index (χ0v) is 14.5. The normalized spacial score (nSPS) is 14.3. The fourth-order valence-corrected chi connectivity index (χ4v) is 2.79. The molecule has 0 atom stereocenters. The van der Waals surface area contributed by atoms with Crippen LogP contribution in [-0.2, 0) is 21.9 Å². The van der Waals surface area contributed by atoms with Gasteiger partial charge in [-0.1, -0.05) is 12.1 Å². The van der Waals surface area contributed by atoms with Gasteiger partial charge in [-0.3, -0.25) is 14.5 Å². The number of alkyl halides is 6. The molecule has 1 heterocycles. The third kappa shape index (κ3) is 4.61. The minimum atomic E-state index is -4.99. The van der Waals surface area contributed by atoms with Gasteiger partial charge in [0.2, 0.25) is 11.8 Å². The molecule has 5 nitrogen and oxygen atoms in total. The highest BCUT2D eigenvalue weighted by atomic mass is 19.4. The molecule has 0 aromatic heterocycles. The number of benzene rings is 2. The topological polar surface area (TPSA) is 61.4 Å². The van der Waals surface area contributed by atoms with Gasteiger partial charge in [0, 0.05) is 5.69 Å². The van der Waals surface area contributed by atoms with Crippen molar-refractivity contribution >= 4 is 28.9 Å². The summed E-state index contributed by atoms with van der Waals surface area (Å²) < 4.78 is 77.5. The average Bonchev–Trinajstić information content (AvgIpc) is 2.63. The van der Waals surface area contributed by atoms with Crippen molar-refractivity contribution in [1.82, 2.24) is 0 Å². The molecule has 0 saturated carbocycles. The molecule has 2 aromatic carbocycles. The minimum absolute atomic E-state index is 0.00177. The van der Waals surface area contributed by atoms with Crippen LogP contribution in [0, 0.1) is 0 Å². The SMILES string of the molecule is O=C1CN(C(=O)CNc2cc(C(F)(F)F)cc(C(F)(F)F)c2)c2ccccc2N1. The molecule has 0 aliphatic carbocycles. The number of amides is 2. The van der Waals surface area contributed by atoms with Crippen LogP contribution in [0.3, 0.4) is 0 Å². The number of hydrogen-bond acceptors (Lipinski definition) is 3. The lowest BCUT2D eigenvalue weighted by Gasteiger charge is -2.29. The summed E-state index contributed by atoms with van der Waals surface area (Å²) in [6, 6.07) is 7.33. The van der Waals surface area contributed by atoms with Crippen molar-refractivity contribution in [1.29, 1.82) is 0 Å². The Kier molecular flexibility index (Phi) is 5.16. The van der Waals surface area contributed by atoms with Gasteiger partial charge in [-0.25, -0.2) is 0 Å². The molecule has 29 heavy (non-hydrogen) atoms. The van der Waals surface area contributed by atoms with Gasteiger partial charge in [0.1, 0.15) is 6.54 Å². The molecule has 0 fully saturated rings. The molecule has 0 radical (unpaired) electrons. The lowest BCUT2D eigenvalue weighted by molar-refractivity contribution is -0.143. The first-order valence-corrected chi connectivity index (χ1v) is 8.18. The summed E-state index contributed by atoms with van der Waals surface area (Å²) in [6.07, 6.45) is -9.99. The van der Waals surface area contributed by atoms with E-state index in [1.165, 1.54) is 0 Å². The van der Waals surface area contributed by atoms with Crippen LogP contribution in [0.2, 0.25) is 0 Å². The van der Waals surface area contributed by atoms with Gasteiger partial charge in [0.15, 0.2) is 0 Å². The van der Waals surface area contributed by atoms with E-state index in [0.717, 1.165) is 4.90 Å². The Balaban J connectivity index is 1.83. The summed E-state index contributed by atoms with van der Waals surface area (Å²) in [5.41, 5.74) is -2.76. The molecule has 0 unspecified atom stereocenters. The Morgan fingerprint density at radius 3 is 2.17 bits per heavy atom. The van der Waals surface area contributed by atoms with Crippen molar-refractivity contribution in [2.24, 2.45) is 0 Å². The van der Waals surface area contributed by atoms with E-state index in [1.807, 2.05) is 0 Å². The Bertz CT molecular complexity index is 923. The Labute approximate surface area is 160 Å². The van der Waals surface area contributed by atoms with Crippen molar-refractivity contribution in [2.75, 3.05) is 28.6 Å². The number of nitrogens with zero attached hydrogens (tertiary/aromatic N) is 1. The summed E-state index contributed by atoms with van der Waals surface area (Å²) in [6.45, 7) is -0.936. The monoisotopic (exact) mass is 417 g/mol. The summed E-state index contributed by atoms with van der Waals surface area (Å²) in [5.74, 6) is -1.17. The van der Waals surface area contributed by atoms with Gasteiger partial charge in [-0.2, -0.15) is 26.3 Å². The highest BCUT2D eigenvalue weighted by molar-refractivity contribution is 6.10. The molecule has 0 saturated heterocycles. The van der Waals surface area contributed by atoms with Crippen molar-refractivity contribution in [2.45, 2.75) is 12.4 Å². The van der Waals surface area contributed by atoms with Gasteiger partial charge in [0.05, 0.1) is 29.0 Å². The van der Waals surface area contributed by atoms with Crippen LogP contribution < -0.4 is 15.5 Å². The van der Waals surface area contributed by atoms with Gasteiger partial charge in [-0.15, -0.1) is 0 Å². The van der Waals surface area contributed by atoms with Gasteiger partial charge < -0.3 is 10.6 Å². The molecular weight excluding hydrogens is 404 g/mol. The molecule has 3 rings (SSSR count). The number of anilines is 3. The van der Waals surface area contributed by atoms with Gasteiger partial charge in [0.25, 0.3) is 0 Å². The predicted molar refractivity (Wildman–Crippen MR) is 92.4 cm³/mol. The van der Waals surface area contributed by atoms with Crippen LogP contribution in [0.5, 0.6) is 0 Å². The van der Waals surface area contributed by atoms with E-state index in [4.69, 9.17) is 0 Å². The number of rotatable bonds is 3. The summed E-state index contributed by atoms with van der Waals surface area (Å²) in [7, 11) is 0. The van der Waals surface area contributed by atoms with E-state index in [-0.39, 0.29) is 12.6 Å². The maximum atomic E-state index is 12.9. The van der Waals surface area contributed by atoms with Crippen molar-refractivity contribution in [3.05, 3.63) is 53.6 Å². The second-order valence-electron chi connectivity index (χ2n) is 6.19. The standard InChI is InChI=1S/C18H13F6N3O2/c19-17(20,21)10-5-11(18(22,23)24)7-12(6-10)25-8-16(29)27-9-15(28)26-13-3-1-2-4-14(13)27/h1-7,25H,8-9H2,(H,26,28).